The van der Waals surface area contributed by atoms with E-state index in [4.69, 9.17) is 4.42 Å². The van der Waals surface area contributed by atoms with Crippen LogP contribution in [0.4, 0.5) is 5.69 Å². The van der Waals surface area contributed by atoms with Crippen molar-refractivity contribution in [1.82, 2.24) is 0 Å². The molecule has 2 aromatic carbocycles. The average Bonchev–Trinajstić information content (AvgIpc) is 2.51. The summed E-state index contributed by atoms with van der Waals surface area (Å²) >= 11 is 0. The minimum Gasteiger partial charge on any atom is -0.438 e. The third-order valence-electron chi connectivity index (χ3n) is 3.03. The van der Waals surface area contributed by atoms with Gasteiger partial charge >= 0.3 is 0 Å². The molecule has 0 bridgehead atoms. The molecule has 0 spiro atoms. The molecule has 2 heteroatoms. The molecule has 0 fully saturated rings. The van der Waals surface area contributed by atoms with Crippen LogP contribution in [0.25, 0.3) is 11.3 Å². The second-order valence-corrected chi connectivity index (χ2v) is 4.64. The van der Waals surface area contributed by atoms with Crippen LogP contribution in [0.3, 0.4) is 0 Å². The molecule has 3 aromatic rings. The summed E-state index contributed by atoms with van der Waals surface area (Å²) in [6.07, 6.45) is 0. The standard InChI is InChI=1S/C18H15NO/c1-14-10-12-16(13-11-14)19-18-9-5-8-17(20-18)15-6-3-2-4-7-15/h2-13H,1H3. The molecule has 0 N–H and O–H groups in total. The van der Waals surface area contributed by atoms with Crippen LogP contribution in [0.5, 0.6) is 0 Å². The molecular weight excluding hydrogens is 246 g/mol. The van der Waals surface area contributed by atoms with Gasteiger partial charge in [0.25, 0.3) is 0 Å². The normalized spacial score (nSPS) is 11.6. The maximum Gasteiger partial charge on any atom is 0.219 e. The van der Waals surface area contributed by atoms with Crippen LogP contribution >= 0.6 is 0 Å². The molecule has 0 amide bonds. The van der Waals surface area contributed by atoms with Gasteiger partial charge in [0.05, 0.1) is 5.69 Å². The van der Waals surface area contributed by atoms with E-state index in [9.17, 15) is 0 Å². The minimum absolute atomic E-state index is 0.607. The van der Waals surface area contributed by atoms with Crippen LogP contribution in [0.2, 0.25) is 0 Å². The number of aryl methyl sites for hydroxylation is 1. The zero-order chi connectivity index (χ0) is 13.8. The number of nitrogens with zero attached hydrogens (tertiary/aromatic N) is 1. The van der Waals surface area contributed by atoms with E-state index in [1.54, 1.807) is 0 Å². The summed E-state index contributed by atoms with van der Waals surface area (Å²) in [5.74, 6) is 0.818. The molecule has 1 aromatic heterocycles. The maximum absolute atomic E-state index is 5.83. The fraction of sp³-hybridized carbons (Fsp3) is 0.0556. The largest absolute Gasteiger partial charge is 0.438 e. The van der Waals surface area contributed by atoms with Crippen LogP contribution in [0.15, 0.2) is 82.2 Å². The molecule has 0 radical (unpaired) electrons. The Morgan fingerprint density at radius 3 is 2.25 bits per heavy atom. The van der Waals surface area contributed by atoms with Crippen molar-refractivity contribution in [2.45, 2.75) is 6.92 Å². The van der Waals surface area contributed by atoms with Crippen LogP contribution < -0.4 is 5.55 Å². The quantitative estimate of drug-likeness (QED) is 0.667. The lowest BCUT2D eigenvalue weighted by Gasteiger charge is -2.00. The molecule has 3 rings (SSSR count). The Kier molecular flexibility index (Phi) is 3.46. The van der Waals surface area contributed by atoms with E-state index in [-0.39, 0.29) is 0 Å². The highest BCUT2D eigenvalue weighted by Gasteiger charge is 1.98. The predicted octanol–water partition coefficient (Wildman–Crippen LogP) is 4.49. The molecule has 1 heterocycles. The predicted molar refractivity (Wildman–Crippen MR) is 80.5 cm³/mol. The van der Waals surface area contributed by atoms with Gasteiger partial charge in [-0.3, -0.25) is 0 Å². The number of benzene rings is 2. The van der Waals surface area contributed by atoms with Crippen molar-refractivity contribution < 1.29 is 4.42 Å². The lowest BCUT2D eigenvalue weighted by molar-refractivity contribution is 0.511. The molecule has 0 saturated carbocycles. The Balaban J connectivity index is 2.01. The topological polar surface area (TPSA) is 25.5 Å². The Bertz CT molecular complexity index is 755. The Morgan fingerprint density at radius 1 is 0.750 bits per heavy atom. The smallest absolute Gasteiger partial charge is 0.219 e. The minimum atomic E-state index is 0.607. The van der Waals surface area contributed by atoms with Gasteiger partial charge in [0.2, 0.25) is 5.55 Å². The van der Waals surface area contributed by atoms with Gasteiger partial charge in [0.1, 0.15) is 5.76 Å². The van der Waals surface area contributed by atoms with Crippen molar-refractivity contribution in [3.05, 3.63) is 83.9 Å². The van der Waals surface area contributed by atoms with E-state index in [0.29, 0.717) is 5.55 Å². The molecule has 0 aliphatic heterocycles. The first-order valence-corrected chi connectivity index (χ1v) is 6.58. The van der Waals surface area contributed by atoms with Gasteiger partial charge in [0, 0.05) is 11.6 Å². The summed E-state index contributed by atoms with van der Waals surface area (Å²) < 4.78 is 5.83. The summed E-state index contributed by atoms with van der Waals surface area (Å²) in [7, 11) is 0. The Labute approximate surface area is 118 Å². The van der Waals surface area contributed by atoms with E-state index in [1.807, 2.05) is 72.8 Å². The highest BCUT2D eigenvalue weighted by molar-refractivity contribution is 5.56. The average molecular weight is 261 g/mol. The summed E-state index contributed by atoms with van der Waals surface area (Å²) in [6, 6.07) is 23.9. The summed E-state index contributed by atoms with van der Waals surface area (Å²) in [4.78, 5) is 4.50. The van der Waals surface area contributed by atoms with Crippen LogP contribution in [-0.2, 0) is 0 Å². The fourth-order valence-electron chi connectivity index (χ4n) is 1.96. The van der Waals surface area contributed by atoms with Crippen molar-refractivity contribution >= 4 is 5.69 Å². The van der Waals surface area contributed by atoms with E-state index in [0.717, 1.165) is 17.0 Å². The first kappa shape index (κ1) is 12.4. The number of hydrogen-bond donors (Lipinski definition) is 0. The zero-order valence-electron chi connectivity index (χ0n) is 11.3. The van der Waals surface area contributed by atoms with Gasteiger partial charge in [-0.15, -0.1) is 0 Å². The molecule has 0 saturated heterocycles. The number of rotatable bonds is 2. The van der Waals surface area contributed by atoms with Crippen molar-refractivity contribution in [2.24, 2.45) is 4.99 Å². The van der Waals surface area contributed by atoms with Gasteiger partial charge in [-0.25, -0.2) is 4.99 Å². The first-order valence-electron chi connectivity index (χ1n) is 6.58. The molecule has 20 heavy (non-hydrogen) atoms. The van der Waals surface area contributed by atoms with E-state index in [2.05, 4.69) is 11.9 Å². The summed E-state index contributed by atoms with van der Waals surface area (Å²) in [5, 5.41) is 0. The second kappa shape index (κ2) is 5.57. The molecular formula is C18H15NO. The van der Waals surface area contributed by atoms with Crippen LogP contribution in [0, 0.1) is 6.92 Å². The van der Waals surface area contributed by atoms with Crippen molar-refractivity contribution in [3.8, 4) is 11.3 Å². The highest BCUT2D eigenvalue weighted by atomic mass is 16.3. The number of hydrogen-bond acceptors (Lipinski definition) is 2. The van der Waals surface area contributed by atoms with Gasteiger partial charge in [0.15, 0.2) is 0 Å². The van der Waals surface area contributed by atoms with Crippen molar-refractivity contribution in [2.75, 3.05) is 0 Å². The first-order chi connectivity index (χ1) is 9.81. The third-order valence-corrected chi connectivity index (χ3v) is 3.03. The summed E-state index contributed by atoms with van der Waals surface area (Å²) in [5.41, 5.74) is 3.77. The Hall–Kier alpha value is -2.61. The molecule has 0 aliphatic carbocycles. The lowest BCUT2D eigenvalue weighted by Crippen LogP contribution is -1.98. The highest BCUT2D eigenvalue weighted by Crippen LogP contribution is 2.17. The van der Waals surface area contributed by atoms with E-state index < -0.39 is 0 Å². The van der Waals surface area contributed by atoms with Gasteiger partial charge in [-0.05, 0) is 25.1 Å². The van der Waals surface area contributed by atoms with E-state index in [1.165, 1.54) is 5.56 Å². The van der Waals surface area contributed by atoms with Crippen LogP contribution in [0.1, 0.15) is 5.56 Å². The molecule has 0 atom stereocenters. The van der Waals surface area contributed by atoms with Gasteiger partial charge in [-0.2, -0.15) is 0 Å². The van der Waals surface area contributed by atoms with Crippen molar-refractivity contribution in [3.63, 3.8) is 0 Å². The Morgan fingerprint density at radius 2 is 1.50 bits per heavy atom. The van der Waals surface area contributed by atoms with Crippen molar-refractivity contribution in [1.29, 1.82) is 0 Å². The molecule has 0 aliphatic rings. The fourth-order valence-corrected chi connectivity index (χ4v) is 1.96. The van der Waals surface area contributed by atoms with Gasteiger partial charge in [-0.1, -0.05) is 54.1 Å². The third kappa shape index (κ3) is 2.86. The lowest BCUT2D eigenvalue weighted by atomic mass is 10.2. The second-order valence-electron chi connectivity index (χ2n) is 4.64. The van der Waals surface area contributed by atoms with Gasteiger partial charge < -0.3 is 4.42 Å². The molecule has 0 unspecified atom stereocenters. The molecule has 98 valence electrons. The maximum atomic E-state index is 5.83. The van der Waals surface area contributed by atoms with E-state index >= 15 is 0 Å². The summed E-state index contributed by atoms with van der Waals surface area (Å²) in [6.45, 7) is 2.06. The molecule has 2 nitrogen and oxygen atoms in total. The van der Waals surface area contributed by atoms with Crippen LogP contribution in [-0.4, -0.2) is 0 Å². The zero-order valence-corrected chi connectivity index (χ0v) is 11.3. The monoisotopic (exact) mass is 261 g/mol. The SMILES string of the molecule is Cc1ccc(N=c2cccc(-c3ccccc3)o2)cc1.